The fourth-order valence-corrected chi connectivity index (χ4v) is 3.51. The molecule has 0 N–H and O–H groups in total. The van der Waals surface area contributed by atoms with Crippen LogP contribution in [0.25, 0.3) is 33.0 Å². The molecule has 4 aromatic rings. The van der Waals surface area contributed by atoms with E-state index in [1.165, 1.54) is 6.07 Å². The normalized spacial score (nSPS) is 11.0. The van der Waals surface area contributed by atoms with E-state index in [1.54, 1.807) is 30.3 Å². The number of rotatable bonds is 5. The molecule has 3 heteroatoms. The molecule has 0 atom stereocenters. The van der Waals surface area contributed by atoms with E-state index in [1.807, 2.05) is 30.3 Å². The SMILES string of the molecule is C=CCCc1ccc2c(F)c(-c3ccc(-c4ccc(F)c(F)c4)cc3)ccc2c1. The Labute approximate surface area is 167 Å². The lowest BCUT2D eigenvalue weighted by Gasteiger charge is -2.10. The molecular formula is C26H19F3. The van der Waals surface area contributed by atoms with Crippen molar-refractivity contribution in [1.82, 2.24) is 0 Å². The maximum Gasteiger partial charge on any atom is 0.159 e. The highest BCUT2D eigenvalue weighted by molar-refractivity contribution is 5.89. The van der Waals surface area contributed by atoms with E-state index >= 15 is 4.39 Å². The minimum Gasteiger partial charge on any atom is -0.206 e. The molecule has 0 saturated heterocycles. The Morgan fingerprint density at radius 3 is 2.14 bits per heavy atom. The third kappa shape index (κ3) is 3.81. The van der Waals surface area contributed by atoms with Gasteiger partial charge in [-0.15, -0.1) is 6.58 Å². The molecule has 0 saturated carbocycles. The fraction of sp³-hybridized carbons (Fsp3) is 0.0769. The van der Waals surface area contributed by atoms with Crippen molar-refractivity contribution in [2.45, 2.75) is 12.8 Å². The van der Waals surface area contributed by atoms with E-state index in [9.17, 15) is 8.78 Å². The summed E-state index contributed by atoms with van der Waals surface area (Å²) in [6.07, 6.45) is 3.64. The molecule has 29 heavy (non-hydrogen) atoms. The number of aryl methyl sites for hydroxylation is 1. The van der Waals surface area contributed by atoms with Gasteiger partial charge >= 0.3 is 0 Å². The van der Waals surface area contributed by atoms with Crippen LogP contribution in [0.2, 0.25) is 0 Å². The first-order valence-corrected chi connectivity index (χ1v) is 9.45. The van der Waals surface area contributed by atoms with Crippen molar-refractivity contribution in [2.24, 2.45) is 0 Å². The molecule has 0 radical (unpaired) electrons. The van der Waals surface area contributed by atoms with Gasteiger partial charge in [0.05, 0.1) is 0 Å². The zero-order valence-electron chi connectivity index (χ0n) is 15.8. The zero-order valence-corrected chi connectivity index (χ0v) is 15.8. The molecule has 0 nitrogen and oxygen atoms in total. The highest BCUT2D eigenvalue weighted by atomic mass is 19.2. The Balaban J connectivity index is 1.67. The van der Waals surface area contributed by atoms with Crippen LogP contribution in [0, 0.1) is 17.5 Å². The third-order valence-electron chi connectivity index (χ3n) is 5.10. The molecule has 0 spiro atoms. The van der Waals surface area contributed by atoms with Crippen LogP contribution >= 0.6 is 0 Å². The van der Waals surface area contributed by atoms with Crippen LogP contribution in [-0.2, 0) is 6.42 Å². The average Bonchev–Trinajstić information content (AvgIpc) is 2.74. The van der Waals surface area contributed by atoms with Crippen molar-refractivity contribution in [3.05, 3.63) is 108 Å². The minimum absolute atomic E-state index is 0.265. The quantitative estimate of drug-likeness (QED) is 0.307. The molecule has 0 bridgehead atoms. The molecule has 0 unspecified atom stereocenters. The second-order valence-corrected chi connectivity index (χ2v) is 7.02. The highest BCUT2D eigenvalue weighted by Gasteiger charge is 2.11. The molecule has 0 aromatic heterocycles. The summed E-state index contributed by atoms with van der Waals surface area (Å²) in [4.78, 5) is 0. The van der Waals surface area contributed by atoms with Gasteiger partial charge in [-0.2, -0.15) is 0 Å². The second kappa shape index (κ2) is 7.96. The lowest BCUT2D eigenvalue weighted by atomic mass is 9.96. The molecule has 0 amide bonds. The summed E-state index contributed by atoms with van der Waals surface area (Å²) in [6, 6.07) is 20.4. The summed E-state index contributed by atoms with van der Waals surface area (Å²) in [5, 5.41) is 1.45. The fourth-order valence-electron chi connectivity index (χ4n) is 3.51. The van der Waals surface area contributed by atoms with Gasteiger partial charge in [0.1, 0.15) is 5.82 Å². The average molecular weight is 388 g/mol. The molecule has 0 aliphatic rings. The van der Waals surface area contributed by atoms with Crippen LogP contribution in [0.5, 0.6) is 0 Å². The Morgan fingerprint density at radius 1 is 0.690 bits per heavy atom. The van der Waals surface area contributed by atoms with E-state index in [4.69, 9.17) is 0 Å². The van der Waals surface area contributed by atoms with Gasteiger partial charge in [-0.05, 0) is 52.6 Å². The number of fused-ring (bicyclic) bond motifs is 1. The maximum atomic E-state index is 15.2. The minimum atomic E-state index is -0.889. The Kier molecular flexibility index (Phi) is 5.22. The van der Waals surface area contributed by atoms with Crippen molar-refractivity contribution in [1.29, 1.82) is 0 Å². The van der Waals surface area contributed by atoms with E-state index in [2.05, 4.69) is 6.58 Å². The summed E-state index contributed by atoms with van der Waals surface area (Å²) in [7, 11) is 0. The zero-order chi connectivity index (χ0) is 20.4. The van der Waals surface area contributed by atoms with Crippen LogP contribution in [0.3, 0.4) is 0 Å². The van der Waals surface area contributed by atoms with Gasteiger partial charge in [-0.25, -0.2) is 13.2 Å². The number of allylic oxidation sites excluding steroid dienone is 1. The van der Waals surface area contributed by atoms with E-state index in [0.717, 1.165) is 47.1 Å². The van der Waals surface area contributed by atoms with Gasteiger partial charge in [-0.3, -0.25) is 0 Å². The Hall–Kier alpha value is -3.33. The van der Waals surface area contributed by atoms with Crippen LogP contribution in [0.4, 0.5) is 13.2 Å². The molecule has 0 fully saturated rings. The van der Waals surface area contributed by atoms with Crippen molar-refractivity contribution in [3.8, 4) is 22.3 Å². The van der Waals surface area contributed by atoms with Gasteiger partial charge < -0.3 is 0 Å². The molecule has 0 aliphatic heterocycles. The van der Waals surface area contributed by atoms with Gasteiger partial charge in [-0.1, -0.05) is 66.7 Å². The van der Waals surface area contributed by atoms with Crippen LogP contribution in [0.15, 0.2) is 85.5 Å². The second-order valence-electron chi connectivity index (χ2n) is 7.02. The van der Waals surface area contributed by atoms with Crippen LogP contribution < -0.4 is 0 Å². The van der Waals surface area contributed by atoms with Gasteiger partial charge in [0, 0.05) is 10.9 Å². The highest BCUT2D eigenvalue weighted by Crippen LogP contribution is 2.31. The predicted octanol–water partition coefficient (Wildman–Crippen LogP) is 7.71. The molecule has 4 aromatic carbocycles. The first-order valence-electron chi connectivity index (χ1n) is 9.45. The van der Waals surface area contributed by atoms with Crippen molar-refractivity contribution < 1.29 is 13.2 Å². The van der Waals surface area contributed by atoms with Crippen molar-refractivity contribution in [3.63, 3.8) is 0 Å². The van der Waals surface area contributed by atoms with Gasteiger partial charge in [0.25, 0.3) is 0 Å². The van der Waals surface area contributed by atoms with Crippen LogP contribution in [-0.4, -0.2) is 0 Å². The summed E-state index contributed by atoms with van der Waals surface area (Å²) in [6.45, 7) is 3.74. The van der Waals surface area contributed by atoms with E-state index in [0.29, 0.717) is 16.5 Å². The summed E-state index contributed by atoms with van der Waals surface area (Å²) >= 11 is 0. The molecule has 0 aliphatic carbocycles. The maximum absolute atomic E-state index is 15.2. The van der Waals surface area contributed by atoms with Gasteiger partial charge in [0.15, 0.2) is 11.6 Å². The first kappa shape index (κ1) is 19.0. The molecule has 0 heterocycles. The first-order chi connectivity index (χ1) is 14.1. The molecule has 4 rings (SSSR count). The van der Waals surface area contributed by atoms with Crippen LogP contribution in [0.1, 0.15) is 12.0 Å². The largest absolute Gasteiger partial charge is 0.206 e. The smallest absolute Gasteiger partial charge is 0.159 e. The molecule has 144 valence electrons. The topological polar surface area (TPSA) is 0 Å². The lowest BCUT2D eigenvalue weighted by Crippen LogP contribution is -1.90. The standard InChI is InChI=1S/C26H19F3/c1-2-3-4-17-5-12-23-21(15-17)10-13-22(26(23)29)19-8-6-18(7-9-19)20-11-14-24(27)25(28)16-20/h2,5-16H,1,3-4H2. The van der Waals surface area contributed by atoms with Crippen molar-refractivity contribution >= 4 is 10.8 Å². The Bertz CT molecular complexity index is 1190. The monoisotopic (exact) mass is 388 g/mol. The van der Waals surface area contributed by atoms with E-state index in [-0.39, 0.29) is 5.82 Å². The predicted molar refractivity (Wildman–Crippen MR) is 113 cm³/mol. The summed E-state index contributed by atoms with van der Waals surface area (Å²) < 4.78 is 41.8. The molecular weight excluding hydrogens is 369 g/mol. The number of halogens is 3. The third-order valence-corrected chi connectivity index (χ3v) is 5.10. The van der Waals surface area contributed by atoms with Crippen molar-refractivity contribution in [2.75, 3.05) is 0 Å². The van der Waals surface area contributed by atoms with Gasteiger partial charge in [0.2, 0.25) is 0 Å². The van der Waals surface area contributed by atoms with E-state index < -0.39 is 11.6 Å². The Morgan fingerprint density at radius 2 is 1.41 bits per heavy atom. The number of hydrogen-bond acceptors (Lipinski definition) is 0. The number of benzene rings is 4. The number of hydrogen-bond donors (Lipinski definition) is 0. The lowest BCUT2D eigenvalue weighted by molar-refractivity contribution is 0.509. The summed E-state index contributed by atoms with van der Waals surface area (Å²) in [5.41, 5.74) is 3.70. The summed E-state index contributed by atoms with van der Waals surface area (Å²) in [5.74, 6) is -2.03.